The summed E-state index contributed by atoms with van der Waals surface area (Å²) in [6.45, 7) is 5.21. The summed E-state index contributed by atoms with van der Waals surface area (Å²) in [5.41, 5.74) is 0.386. The van der Waals surface area contributed by atoms with E-state index in [1.54, 1.807) is 20.0 Å². The summed E-state index contributed by atoms with van der Waals surface area (Å²) in [6.07, 6.45) is 3.97. The number of hydrogen-bond donors (Lipinski definition) is 1. The van der Waals surface area contributed by atoms with Crippen LogP contribution >= 0.6 is 0 Å². The summed E-state index contributed by atoms with van der Waals surface area (Å²) >= 11 is 0. The van der Waals surface area contributed by atoms with E-state index in [4.69, 9.17) is 5.11 Å². The Kier molecular flexibility index (Phi) is 2.84. The van der Waals surface area contributed by atoms with Crippen molar-refractivity contribution in [2.45, 2.75) is 32.6 Å². The van der Waals surface area contributed by atoms with Gasteiger partial charge in [0.2, 0.25) is 0 Å². The minimum Gasteiger partial charge on any atom is -0.481 e. The van der Waals surface area contributed by atoms with Gasteiger partial charge in [0, 0.05) is 12.4 Å². The lowest BCUT2D eigenvalue weighted by Crippen LogP contribution is -2.29. The van der Waals surface area contributed by atoms with Crippen LogP contribution in [0.5, 0.6) is 0 Å². The van der Waals surface area contributed by atoms with Crippen molar-refractivity contribution in [2.75, 3.05) is 0 Å². The Labute approximate surface area is 83.0 Å². The van der Waals surface area contributed by atoms with Gasteiger partial charge in [-0.1, -0.05) is 6.92 Å². The van der Waals surface area contributed by atoms with Gasteiger partial charge in [-0.05, 0) is 20.3 Å². The van der Waals surface area contributed by atoms with Crippen molar-refractivity contribution in [1.29, 1.82) is 0 Å². The van der Waals surface area contributed by atoms with Crippen molar-refractivity contribution in [3.8, 4) is 0 Å². The highest BCUT2D eigenvalue weighted by Gasteiger charge is 2.31. The van der Waals surface area contributed by atoms with Crippen LogP contribution in [0.3, 0.4) is 0 Å². The lowest BCUT2D eigenvalue weighted by Gasteiger charge is -2.17. The largest absolute Gasteiger partial charge is 0.481 e. The third kappa shape index (κ3) is 1.89. The molecule has 0 atom stereocenters. The van der Waals surface area contributed by atoms with Crippen molar-refractivity contribution in [3.05, 3.63) is 23.8 Å². The molecule has 0 aliphatic rings. The molecule has 0 aliphatic heterocycles. The van der Waals surface area contributed by atoms with E-state index in [0.29, 0.717) is 5.69 Å². The second-order valence-electron chi connectivity index (χ2n) is 3.68. The van der Waals surface area contributed by atoms with Gasteiger partial charge < -0.3 is 5.11 Å². The van der Waals surface area contributed by atoms with Gasteiger partial charge in [-0.3, -0.25) is 14.8 Å². The van der Waals surface area contributed by atoms with Crippen LogP contribution in [-0.4, -0.2) is 21.0 Å². The first kappa shape index (κ1) is 10.6. The van der Waals surface area contributed by atoms with E-state index in [9.17, 15) is 4.79 Å². The standard InChI is InChI=1S/C10H14N2O2/c1-4-7-5-12-8(6-11-7)10(2,3)9(13)14/h5-6H,4H2,1-3H3,(H,13,14). The van der Waals surface area contributed by atoms with Gasteiger partial charge in [0.15, 0.2) is 0 Å². The molecule has 14 heavy (non-hydrogen) atoms. The molecule has 1 heterocycles. The fraction of sp³-hybridized carbons (Fsp3) is 0.500. The lowest BCUT2D eigenvalue weighted by molar-refractivity contribution is -0.142. The van der Waals surface area contributed by atoms with E-state index in [1.165, 1.54) is 6.20 Å². The number of nitrogens with zero attached hydrogens (tertiary/aromatic N) is 2. The number of rotatable bonds is 3. The van der Waals surface area contributed by atoms with Gasteiger partial charge in [0.25, 0.3) is 0 Å². The van der Waals surface area contributed by atoms with E-state index >= 15 is 0 Å². The van der Waals surface area contributed by atoms with Gasteiger partial charge in [-0.25, -0.2) is 0 Å². The Balaban J connectivity index is 3.02. The van der Waals surface area contributed by atoms with E-state index in [0.717, 1.165) is 12.1 Å². The van der Waals surface area contributed by atoms with Crippen LogP contribution in [0.4, 0.5) is 0 Å². The molecule has 0 spiro atoms. The predicted molar refractivity (Wildman–Crippen MR) is 52.1 cm³/mol. The third-order valence-electron chi connectivity index (χ3n) is 2.24. The fourth-order valence-electron chi connectivity index (χ4n) is 0.970. The van der Waals surface area contributed by atoms with E-state index < -0.39 is 11.4 Å². The molecule has 0 bridgehead atoms. The monoisotopic (exact) mass is 194 g/mol. The van der Waals surface area contributed by atoms with Gasteiger partial charge in [0.1, 0.15) is 5.41 Å². The number of carboxylic acid groups (broad SMARTS) is 1. The van der Waals surface area contributed by atoms with Gasteiger partial charge in [0.05, 0.1) is 11.4 Å². The first-order valence-electron chi connectivity index (χ1n) is 4.53. The lowest BCUT2D eigenvalue weighted by atomic mass is 9.90. The second kappa shape index (κ2) is 3.74. The van der Waals surface area contributed by atoms with Crippen molar-refractivity contribution >= 4 is 5.97 Å². The summed E-state index contributed by atoms with van der Waals surface area (Å²) < 4.78 is 0. The summed E-state index contributed by atoms with van der Waals surface area (Å²) in [7, 11) is 0. The number of hydrogen-bond acceptors (Lipinski definition) is 3. The molecular weight excluding hydrogens is 180 g/mol. The quantitative estimate of drug-likeness (QED) is 0.790. The molecule has 0 fully saturated rings. The van der Waals surface area contributed by atoms with Crippen molar-refractivity contribution in [3.63, 3.8) is 0 Å². The summed E-state index contributed by atoms with van der Waals surface area (Å²) in [5, 5.41) is 8.95. The Hall–Kier alpha value is -1.45. The molecule has 4 heteroatoms. The molecule has 0 saturated carbocycles. The summed E-state index contributed by atoms with van der Waals surface area (Å²) in [6, 6.07) is 0. The minimum atomic E-state index is -0.973. The predicted octanol–water partition coefficient (Wildman–Crippen LogP) is 1.40. The third-order valence-corrected chi connectivity index (χ3v) is 2.24. The number of aromatic nitrogens is 2. The smallest absolute Gasteiger partial charge is 0.315 e. The number of carbonyl (C=O) groups is 1. The van der Waals surface area contributed by atoms with E-state index in [-0.39, 0.29) is 0 Å². The highest BCUT2D eigenvalue weighted by molar-refractivity contribution is 5.79. The topological polar surface area (TPSA) is 63.1 Å². The molecule has 1 N–H and O–H groups in total. The van der Waals surface area contributed by atoms with Crippen LogP contribution in [0.2, 0.25) is 0 Å². The zero-order valence-electron chi connectivity index (χ0n) is 8.61. The maximum absolute atomic E-state index is 10.9. The molecule has 0 aliphatic carbocycles. The number of aryl methyl sites for hydroxylation is 1. The maximum atomic E-state index is 10.9. The SMILES string of the molecule is CCc1cnc(C(C)(C)C(=O)O)cn1. The Bertz CT molecular complexity index is 330. The molecule has 0 aromatic carbocycles. The van der Waals surface area contributed by atoms with Crippen LogP contribution in [0.15, 0.2) is 12.4 Å². The fourth-order valence-corrected chi connectivity index (χ4v) is 0.970. The molecule has 0 saturated heterocycles. The van der Waals surface area contributed by atoms with Crippen molar-refractivity contribution in [1.82, 2.24) is 9.97 Å². The summed E-state index contributed by atoms with van der Waals surface area (Å²) in [4.78, 5) is 19.1. The van der Waals surface area contributed by atoms with E-state index in [2.05, 4.69) is 9.97 Å². The first-order valence-corrected chi connectivity index (χ1v) is 4.53. The average molecular weight is 194 g/mol. The van der Waals surface area contributed by atoms with Crippen molar-refractivity contribution < 1.29 is 9.90 Å². The molecule has 0 amide bonds. The Morgan fingerprint density at radius 2 is 2.07 bits per heavy atom. The molecule has 0 radical (unpaired) electrons. The number of aliphatic carboxylic acids is 1. The minimum absolute atomic E-state index is 0.488. The highest BCUT2D eigenvalue weighted by Crippen LogP contribution is 2.20. The maximum Gasteiger partial charge on any atom is 0.315 e. The molecule has 1 aromatic rings. The van der Waals surface area contributed by atoms with Gasteiger partial charge in [-0.2, -0.15) is 0 Å². The first-order chi connectivity index (χ1) is 6.48. The van der Waals surface area contributed by atoms with Crippen molar-refractivity contribution in [2.24, 2.45) is 0 Å². The zero-order valence-corrected chi connectivity index (χ0v) is 8.61. The van der Waals surface area contributed by atoms with Crippen LogP contribution in [0, 0.1) is 0 Å². The van der Waals surface area contributed by atoms with E-state index in [1.807, 2.05) is 6.92 Å². The molecular formula is C10H14N2O2. The van der Waals surface area contributed by atoms with Crippen LogP contribution in [0.25, 0.3) is 0 Å². The molecule has 1 aromatic heterocycles. The normalized spacial score (nSPS) is 11.4. The molecule has 76 valence electrons. The Morgan fingerprint density at radius 1 is 1.43 bits per heavy atom. The van der Waals surface area contributed by atoms with Gasteiger partial charge in [-0.15, -0.1) is 0 Å². The van der Waals surface area contributed by atoms with Gasteiger partial charge >= 0.3 is 5.97 Å². The van der Waals surface area contributed by atoms with Crippen LogP contribution in [0.1, 0.15) is 32.2 Å². The number of carboxylic acids is 1. The Morgan fingerprint density at radius 3 is 2.43 bits per heavy atom. The van der Waals surface area contributed by atoms with Crippen LogP contribution in [-0.2, 0) is 16.6 Å². The molecule has 4 nitrogen and oxygen atoms in total. The van der Waals surface area contributed by atoms with Crippen LogP contribution < -0.4 is 0 Å². The highest BCUT2D eigenvalue weighted by atomic mass is 16.4. The average Bonchev–Trinajstić information content (AvgIpc) is 2.17. The zero-order chi connectivity index (χ0) is 10.8. The summed E-state index contributed by atoms with van der Waals surface area (Å²) in [5.74, 6) is -0.893. The second-order valence-corrected chi connectivity index (χ2v) is 3.68. The molecule has 0 unspecified atom stereocenters. The molecule has 1 rings (SSSR count).